The Bertz CT molecular complexity index is 1130. The second kappa shape index (κ2) is 6.96. The molecular weight excluding hydrogens is 366 g/mol. The number of benzene rings is 2. The van der Waals surface area contributed by atoms with E-state index in [1.807, 2.05) is 26.0 Å². The first kappa shape index (κ1) is 18.8. The van der Waals surface area contributed by atoms with Crippen molar-refractivity contribution < 1.29 is 17.9 Å². The second-order valence-corrected chi connectivity index (χ2v) is 8.10. The van der Waals surface area contributed by atoms with Crippen molar-refractivity contribution in [1.82, 2.24) is 4.98 Å². The third-order valence-corrected chi connectivity index (χ3v) is 4.93. The number of carbonyl (C=O) groups is 1. The van der Waals surface area contributed by atoms with E-state index < -0.39 is 10.0 Å². The van der Waals surface area contributed by atoms with Gasteiger partial charge in [-0.05, 0) is 43.7 Å². The van der Waals surface area contributed by atoms with E-state index in [1.54, 1.807) is 18.2 Å². The Morgan fingerprint density at radius 3 is 2.56 bits per heavy atom. The van der Waals surface area contributed by atoms with E-state index in [0.717, 1.165) is 28.4 Å². The van der Waals surface area contributed by atoms with E-state index in [4.69, 9.17) is 4.74 Å². The average Bonchev–Trinajstić information content (AvgIpc) is 2.88. The molecule has 0 saturated heterocycles. The molecule has 0 bridgehead atoms. The summed E-state index contributed by atoms with van der Waals surface area (Å²) in [6.07, 6.45) is 1.05. The maximum Gasteiger partial charge on any atom is 0.257 e. The fourth-order valence-electron chi connectivity index (χ4n) is 2.94. The number of aromatic nitrogens is 1. The third-order valence-electron chi connectivity index (χ3n) is 4.34. The molecule has 0 spiro atoms. The van der Waals surface area contributed by atoms with Gasteiger partial charge in [-0.15, -0.1) is 0 Å². The summed E-state index contributed by atoms with van der Waals surface area (Å²) in [7, 11) is -2.04. The number of aromatic amines is 1. The number of H-pyrrole nitrogens is 1. The number of rotatable bonds is 5. The molecule has 0 saturated carbocycles. The van der Waals surface area contributed by atoms with Gasteiger partial charge in [-0.25, -0.2) is 8.42 Å². The molecule has 1 heterocycles. The summed E-state index contributed by atoms with van der Waals surface area (Å²) >= 11 is 0. The number of aryl methyl sites for hydroxylation is 2. The van der Waals surface area contributed by atoms with Crippen LogP contribution in [0.5, 0.6) is 5.75 Å². The molecule has 0 radical (unpaired) electrons. The first-order chi connectivity index (χ1) is 12.7. The van der Waals surface area contributed by atoms with Gasteiger partial charge in [0.15, 0.2) is 0 Å². The van der Waals surface area contributed by atoms with Crippen molar-refractivity contribution in [2.45, 2.75) is 13.8 Å². The molecule has 0 aliphatic carbocycles. The fourth-order valence-corrected chi connectivity index (χ4v) is 3.49. The van der Waals surface area contributed by atoms with Crippen molar-refractivity contribution in [2.75, 3.05) is 23.4 Å². The first-order valence-corrected chi connectivity index (χ1v) is 10.1. The lowest BCUT2D eigenvalue weighted by Crippen LogP contribution is -2.14. The van der Waals surface area contributed by atoms with Crippen LogP contribution in [-0.4, -0.2) is 32.7 Å². The number of sulfonamides is 1. The molecule has 0 aliphatic rings. The predicted molar refractivity (Wildman–Crippen MR) is 107 cm³/mol. The van der Waals surface area contributed by atoms with Gasteiger partial charge in [0.05, 0.1) is 30.1 Å². The Morgan fingerprint density at radius 1 is 1.15 bits per heavy atom. The van der Waals surface area contributed by atoms with E-state index in [0.29, 0.717) is 17.0 Å². The summed E-state index contributed by atoms with van der Waals surface area (Å²) in [6, 6.07) is 10.3. The summed E-state index contributed by atoms with van der Waals surface area (Å²) in [5, 5.41) is 3.80. The Balaban J connectivity index is 1.95. The monoisotopic (exact) mass is 387 g/mol. The Hall–Kier alpha value is -3.00. The lowest BCUT2D eigenvalue weighted by molar-refractivity contribution is 0.102. The molecule has 7 nitrogen and oxygen atoms in total. The van der Waals surface area contributed by atoms with E-state index >= 15 is 0 Å². The Labute approximate surface area is 157 Å². The topological polar surface area (TPSA) is 100 Å². The van der Waals surface area contributed by atoms with Crippen LogP contribution in [0.2, 0.25) is 0 Å². The van der Waals surface area contributed by atoms with Crippen LogP contribution in [0.1, 0.15) is 21.6 Å². The van der Waals surface area contributed by atoms with E-state index in [-0.39, 0.29) is 11.6 Å². The van der Waals surface area contributed by atoms with Crippen LogP contribution in [0.25, 0.3) is 10.9 Å². The maximum atomic E-state index is 12.8. The number of para-hydroxylation sites is 1. The molecule has 2 aromatic carbocycles. The lowest BCUT2D eigenvalue weighted by Gasteiger charge is -2.12. The average molecular weight is 387 g/mol. The molecule has 8 heteroatoms. The van der Waals surface area contributed by atoms with Crippen LogP contribution in [0.4, 0.5) is 11.4 Å². The molecule has 3 N–H and O–H groups in total. The lowest BCUT2D eigenvalue weighted by atomic mass is 10.1. The number of methoxy groups -OCH3 is 1. The minimum atomic E-state index is -3.49. The van der Waals surface area contributed by atoms with E-state index in [1.165, 1.54) is 13.2 Å². The molecular formula is C19H21N3O4S. The minimum Gasteiger partial charge on any atom is -0.495 e. The van der Waals surface area contributed by atoms with Gasteiger partial charge in [0, 0.05) is 16.8 Å². The fraction of sp³-hybridized carbons (Fsp3) is 0.211. The molecule has 0 atom stereocenters. The first-order valence-electron chi connectivity index (χ1n) is 8.24. The highest BCUT2D eigenvalue weighted by Crippen LogP contribution is 2.29. The van der Waals surface area contributed by atoms with Crippen molar-refractivity contribution in [3.63, 3.8) is 0 Å². The van der Waals surface area contributed by atoms with E-state index in [2.05, 4.69) is 15.0 Å². The number of hydrogen-bond acceptors (Lipinski definition) is 4. The molecule has 142 valence electrons. The number of ether oxygens (including phenoxy) is 1. The molecule has 1 amide bonds. The molecule has 0 aliphatic heterocycles. The summed E-state index contributed by atoms with van der Waals surface area (Å²) in [5.74, 6) is 0.0634. The van der Waals surface area contributed by atoms with Crippen LogP contribution in [-0.2, 0) is 10.0 Å². The van der Waals surface area contributed by atoms with Gasteiger partial charge in [0.1, 0.15) is 5.75 Å². The standard InChI is InChI=1S/C19H21N3O4S/c1-11-12(2)20-18-14(11)6-5-7-15(18)19(23)21-13-8-9-17(26-3)16(10-13)22-27(4,24)25/h5-10,20,22H,1-4H3,(H,21,23). The molecule has 3 rings (SSSR count). The SMILES string of the molecule is COc1ccc(NC(=O)c2cccc3c(C)c(C)[nH]c23)cc1NS(C)(=O)=O. The summed E-state index contributed by atoms with van der Waals surface area (Å²) in [6.45, 7) is 3.96. The van der Waals surface area contributed by atoms with Crippen molar-refractivity contribution in [1.29, 1.82) is 0 Å². The number of carbonyl (C=O) groups excluding carboxylic acids is 1. The zero-order valence-corrected chi connectivity index (χ0v) is 16.3. The minimum absolute atomic E-state index is 0.252. The molecule has 0 unspecified atom stereocenters. The second-order valence-electron chi connectivity index (χ2n) is 6.35. The molecule has 1 aromatic heterocycles. The smallest absolute Gasteiger partial charge is 0.257 e. The van der Waals surface area contributed by atoms with Crippen LogP contribution < -0.4 is 14.8 Å². The number of anilines is 2. The third kappa shape index (κ3) is 3.90. The van der Waals surface area contributed by atoms with Gasteiger partial charge < -0.3 is 15.0 Å². The molecule has 27 heavy (non-hydrogen) atoms. The highest BCUT2D eigenvalue weighted by Gasteiger charge is 2.15. The van der Waals surface area contributed by atoms with Gasteiger partial charge in [0.25, 0.3) is 5.91 Å². The number of amides is 1. The zero-order chi connectivity index (χ0) is 19.8. The van der Waals surface area contributed by atoms with E-state index in [9.17, 15) is 13.2 Å². The van der Waals surface area contributed by atoms with Gasteiger partial charge in [-0.1, -0.05) is 12.1 Å². The van der Waals surface area contributed by atoms with Crippen molar-refractivity contribution in [2.24, 2.45) is 0 Å². The Morgan fingerprint density at radius 2 is 1.89 bits per heavy atom. The van der Waals surface area contributed by atoms with Gasteiger partial charge in [-0.3, -0.25) is 9.52 Å². The normalized spacial score (nSPS) is 11.4. The van der Waals surface area contributed by atoms with Crippen LogP contribution >= 0.6 is 0 Å². The van der Waals surface area contributed by atoms with Gasteiger partial charge in [-0.2, -0.15) is 0 Å². The quantitative estimate of drug-likeness (QED) is 0.624. The zero-order valence-electron chi connectivity index (χ0n) is 15.5. The highest BCUT2D eigenvalue weighted by molar-refractivity contribution is 7.92. The number of fused-ring (bicyclic) bond motifs is 1. The van der Waals surface area contributed by atoms with Gasteiger partial charge >= 0.3 is 0 Å². The summed E-state index contributed by atoms with van der Waals surface area (Å²) in [4.78, 5) is 16.0. The molecule has 3 aromatic rings. The highest BCUT2D eigenvalue weighted by atomic mass is 32.2. The summed E-state index contributed by atoms with van der Waals surface area (Å²) in [5.41, 5.74) is 4.09. The Kier molecular flexibility index (Phi) is 4.84. The van der Waals surface area contributed by atoms with Crippen LogP contribution in [0.15, 0.2) is 36.4 Å². The summed E-state index contributed by atoms with van der Waals surface area (Å²) < 4.78 is 30.6. The predicted octanol–water partition coefficient (Wildman–Crippen LogP) is 3.42. The number of hydrogen-bond donors (Lipinski definition) is 3. The largest absolute Gasteiger partial charge is 0.495 e. The molecule has 0 fully saturated rings. The van der Waals surface area contributed by atoms with Crippen LogP contribution in [0.3, 0.4) is 0 Å². The van der Waals surface area contributed by atoms with Crippen molar-refractivity contribution in [3.8, 4) is 5.75 Å². The van der Waals surface area contributed by atoms with Crippen molar-refractivity contribution in [3.05, 3.63) is 53.2 Å². The maximum absolute atomic E-state index is 12.8. The van der Waals surface area contributed by atoms with Gasteiger partial charge in [0.2, 0.25) is 10.0 Å². The number of nitrogens with one attached hydrogen (secondary N) is 3. The van der Waals surface area contributed by atoms with Crippen LogP contribution in [0, 0.1) is 13.8 Å². The van der Waals surface area contributed by atoms with Crippen molar-refractivity contribution >= 4 is 38.2 Å².